The molecule has 24 heavy (non-hydrogen) atoms. The molecule has 0 bridgehead atoms. The first-order valence-corrected chi connectivity index (χ1v) is 9.71. The Labute approximate surface area is 150 Å². The number of halogens is 1. The number of ether oxygens (including phenoxy) is 1. The van der Waals surface area contributed by atoms with Gasteiger partial charge in [0.2, 0.25) is 5.91 Å². The molecule has 1 saturated heterocycles. The van der Waals surface area contributed by atoms with Gasteiger partial charge in [-0.15, -0.1) is 0 Å². The average molecular weight is 350 g/mol. The smallest absolute Gasteiger partial charge is 0.230 e. The van der Waals surface area contributed by atoms with Crippen LogP contribution in [0.25, 0.3) is 0 Å². The first kappa shape index (κ1) is 17.8. The number of carbonyl (C=O) groups excluding carboxylic acids is 1. The maximum absolute atomic E-state index is 13.1. The van der Waals surface area contributed by atoms with Gasteiger partial charge in [0, 0.05) is 24.8 Å². The van der Waals surface area contributed by atoms with E-state index in [0.717, 1.165) is 24.4 Å². The summed E-state index contributed by atoms with van der Waals surface area (Å²) in [6.45, 7) is 2.00. The summed E-state index contributed by atoms with van der Waals surface area (Å²) in [6, 6.07) is 7.76. The van der Waals surface area contributed by atoms with Crippen molar-refractivity contribution in [3.63, 3.8) is 0 Å². The molecule has 1 N–H and O–H groups in total. The van der Waals surface area contributed by atoms with Crippen LogP contribution in [0.4, 0.5) is 0 Å². The molecular weight excluding hydrogens is 322 g/mol. The number of hydrogen-bond donors (Lipinski definition) is 1. The van der Waals surface area contributed by atoms with Gasteiger partial charge in [0.05, 0.1) is 5.41 Å². The lowest BCUT2D eigenvalue weighted by molar-refractivity contribution is -0.130. The van der Waals surface area contributed by atoms with Gasteiger partial charge in [-0.25, -0.2) is 0 Å². The van der Waals surface area contributed by atoms with E-state index in [-0.39, 0.29) is 5.91 Å². The van der Waals surface area contributed by atoms with Crippen LogP contribution in [0.3, 0.4) is 0 Å². The predicted molar refractivity (Wildman–Crippen MR) is 97.4 cm³/mol. The lowest BCUT2D eigenvalue weighted by Crippen LogP contribution is -2.48. The Bertz CT molecular complexity index is 548. The number of rotatable bonds is 5. The van der Waals surface area contributed by atoms with Crippen LogP contribution in [-0.4, -0.2) is 25.7 Å². The molecular formula is C20H28ClNO2. The molecule has 0 aromatic heterocycles. The van der Waals surface area contributed by atoms with Crippen LogP contribution >= 0.6 is 11.6 Å². The van der Waals surface area contributed by atoms with E-state index in [1.54, 1.807) is 0 Å². The summed E-state index contributed by atoms with van der Waals surface area (Å²) in [5.74, 6) is 0.903. The van der Waals surface area contributed by atoms with Gasteiger partial charge in [0.15, 0.2) is 0 Å². The van der Waals surface area contributed by atoms with Crippen molar-refractivity contribution in [2.45, 2.75) is 56.8 Å². The molecule has 1 amide bonds. The summed E-state index contributed by atoms with van der Waals surface area (Å²) in [6.07, 6.45) is 9.20. The number of carbonyl (C=O) groups is 1. The van der Waals surface area contributed by atoms with Gasteiger partial charge in [-0.1, -0.05) is 61.9 Å². The van der Waals surface area contributed by atoms with Crippen molar-refractivity contribution in [1.29, 1.82) is 0 Å². The van der Waals surface area contributed by atoms with Crippen molar-refractivity contribution in [1.82, 2.24) is 5.32 Å². The second-order valence-electron chi connectivity index (χ2n) is 7.22. The van der Waals surface area contributed by atoms with Crippen LogP contribution in [0.1, 0.15) is 56.9 Å². The van der Waals surface area contributed by atoms with E-state index in [1.807, 2.05) is 24.3 Å². The lowest BCUT2D eigenvalue weighted by Gasteiger charge is -2.37. The number of benzene rings is 1. The fourth-order valence-corrected chi connectivity index (χ4v) is 4.54. The molecule has 132 valence electrons. The zero-order chi connectivity index (χ0) is 16.8. The molecule has 0 unspecified atom stereocenters. The Morgan fingerprint density at radius 3 is 2.58 bits per heavy atom. The molecule has 1 aliphatic carbocycles. The van der Waals surface area contributed by atoms with E-state index < -0.39 is 5.41 Å². The SMILES string of the molecule is O=C(NCCC1CCCCC1)C1(c2ccccc2Cl)CCOCC1. The Kier molecular flexibility index (Phi) is 6.18. The fraction of sp³-hybridized carbons (Fsp3) is 0.650. The molecule has 1 aromatic carbocycles. The molecule has 3 rings (SSSR count). The largest absolute Gasteiger partial charge is 0.381 e. The highest BCUT2D eigenvalue weighted by molar-refractivity contribution is 6.31. The second kappa shape index (κ2) is 8.35. The van der Waals surface area contributed by atoms with Gasteiger partial charge >= 0.3 is 0 Å². The van der Waals surface area contributed by atoms with Crippen LogP contribution < -0.4 is 5.32 Å². The van der Waals surface area contributed by atoms with Gasteiger partial charge in [0.25, 0.3) is 0 Å². The standard InChI is InChI=1S/C20H28ClNO2/c21-18-9-5-4-8-17(18)20(11-14-24-15-12-20)19(23)22-13-10-16-6-2-1-3-7-16/h4-5,8-9,16H,1-3,6-7,10-15H2,(H,22,23). The second-order valence-corrected chi connectivity index (χ2v) is 7.63. The van der Waals surface area contributed by atoms with Crippen molar-refractivity contribution in [2.24, 2.45) is 5.92 Å². The molecule has 3 nitrogen and oxygen atoms in total. The molecule has 4 heteroatoms. The van der Waals surface area contributed by atoms with Crippen LogP contribution in [0.15, 0.2) is 24.3 Å². The minimum absolute atomic E-state index is 0.120. The third-order valence-electron chi connectivity index (χ3n) is 5.73. The third-order valence-corrected chi connectivity index (χ3v) is 6.06. The third kappa shape index (κ3) is 3.94. The Morgan fingerprint density at radius 1 is 1.17 bits per heavy atom. The van der Waals surface area contributed by atoms with E-state index in [0.29, 0.717) is 31.1 Å². The Morgan fingerprint density at radius 2 is 1.88 bits per heavy atom. The van der Waals surface area contributed by atoms with E-state index in [1.165, 1.54) is 32.1 Å². The molecule has 2 aliphatic rings. The monoisotopic (exact) mass is 349 g/mol. The van der Waals surface area contributed by atoms with Gasteiger partial charge in [-0.05, 0) is 36.8 Å². The van der Waals surface area contributed by atoms with Gasteiger partial charge < -0.3 is 10.1 Å². The summed E-state index contributed by atoms with van der Waals surface area (Å²) >= 11 is 6.43. The number of hydrogen-bond acceptors (Lipinski definition) is 2. The highest BCUT2D eigenvalue weighted by Crippen LogP contribution is 2.39. The van der Waals surface area contributed by atoms with E-state index in [2.05, 4.69) is 5.32 Å². The van der Waals surface area contributed by atoms with E-state index >= 15 is 0 Å². The van der Waals surface area contributed by atoms with Crippen LogP contribution in [0.5, 0.6) is 0 Å². The highest BCUT2D eigenvalue weighted by Gasteiger charge is 2.42. The molecule has 0 radical (unpaired) electrons. The normalized spacial score (nSPS) is 21.4. The topological polar surface area (TPSA) is 38.3 Å². The molecule has 2 fully saturated rings. The van der Waals surface area contributed by atoms with Gasteiger partial charge in [-0.2, -0.15) is 0 Å². The number of nitrogens with one attached hydrogen (secondary N) is 1. The maximum atomic E-state index is 13.1. The summed E-state index contributed by atoms with van der Waals surface area (Å²) in [5, 5.41) is 3.90. The fourth-order valence-electron chi connectivity index (χ4n) is 4.22. The summed E-state index contributed by atoms with van der Waals surface area (Å²) in [5.41, 5.74) is 0.411. The van der Waals surface area contributed by atoms with E-state index in [4.69, 9.17) is 16.3 Å². The highest BCUT2D eigenvalue weighted by atomic mass is 35.5. The van der Waals surface area contributed by atoms with Crippen LogP contribution in [0, 0.1) is 5.92 Å². The predicted octanol–water partition coefficient (Wildman–Crippen LogP) is 4.47. The first-order valence-electron chi connectivity index (χ1n) is 9.33. The summed E-state index contributed by atoms with van der Waals surface area (Å²) in [7, 11) is 0. The zero-order valence-electron chi connectivity index (χ0n) is 14.4. The zero-order valence-corrected chi connectivity index (χ0v) is 15.1. The van der Waals surface area contributed by atoms with Crippen molar-refractivity contribution in [3.8, 4) is 0 Å². The van der Waals surface area contributed by atoms with Crippen LogP contribution in [0.2, 0.25) is 5.02 Å². The molecule has 0 spiro atoms. The minimum atomic E-state index is -0.539. The lowest BCUT2D eigenvalue weighted by atomic mass is 9.73. The maximum Gasteiger partial charge on any atom is 0.230 e. The van der Waals surface area contributed by atoms with Crippen molar-refractivity contribution >= 4 is 17.5 Å². The molecule has 1 heterocycles. The van der Waals surface area contributed by atoms with Crippen molar-refractivity contribution in [3.05, 3.63) is 34.9 Å². The first-order chi connectivity index (χ1) is 11.7. The van der Waals surface area contributed by atoms with Gasteiger partial charge in [-0.3, -0.25) is 4.79 Å². The van der Waals surface area contributed by atoms with Crippen molar-refractivity contribution in [2.75, 3.05) is 19.8 Å². The Balaban J connectivity index is 1.67. The summed E-state index contributed by atoms with van der Waals surface area (Å²) < 4.78 is 5.51. The molecule has 1 saturated carbocycles. The molecule has 1 aromatic rings. The van der Waals surface area contributed by atoms with Crippen LogP contribution in [-0.2, 0) is 14.9 Å². The Hall–Kier alpha value is -1.06. The van der Waals surface area contributed by atoms with E-state index in [9.17, 15) is 4.79 Å². The van der Waals surface area contributed by atoms with Crippen molar-refractivity contribution < 1.29 is 9.53 Å². The summed E-state index contributed by atoms with van der Waals surface area (Å²) in [4.78, 5) is 13.1. The number of amides is 1. The molecule has 0 atom stereocenters. The molecule has 1 aliphatic heterocycles. The average Bonchev–Trinajstić information content (AvgIpc) is 2.63. The van der Waals surface area contributed by atoms with Gasteiger partial charge in [0.1, 0.15) is 0 Å². The minimum Gasteiger partial charge on any atom is -0.381 e. The quantitative estimate of drug-likeness (QED) is 0.851.